The van der Waals surface area contributed by atoms with Crippen LogP contribution in [-0.4, -0.2) is 27.1 Å². The highest BCUT2D eigenvalue weighted by molar-refractivity contribution is 5.69. The minimum absolute atomic E-state index is 0.0306. The number of hydrogen-bond donors (Lipinski definition) is 0. The van der Waals surface area contributed by atoms with Gasteiger partial charge in [0.15, 0.2) is 0 Å². The number of aromatic nitrogens is 2. The maximum atomic E-state index is 13.0. The average molecular weight is 389 g/mol. The van der Waals surface area contributed by atoms with E-state index in [0.29, 0.717) is 13.2 Å². The fourth-order valence-electron chi connectivity index (χ4n) is 4.13. The zero-order valence-electron chi connectivity index (χ0n) is 17.0. The first-order chi connectivity index (χ1) is 14.1. The summed E-state index contributed by atoms with van der Waals surface area (Å²) in [7, 11) is 0. The summed E-state index contributed by atoms with van der Waals surface area (Å²) in [5, 5.41) is 0. The third-order valence-corrected chi connectivity index (χ3v) is 5.60. The van der Waals surface area contributed by atoms with Gasteiger partial charge >= 0.3 is 6.09 Å². The number of ether oxygens (including phenoxy) is 1. The molecule has 0 spiro atoms. The maximum Gasteiger partial charge on any atom is 0.410 e. The molecule has 0 bridgehead atoms. The van der Waals surface area contributed by atoms with E-state index in [2.05, 4.69) is 41.6 Å². The van der Waals surface area contributed by atoms with Gasteiger partial charge in [-0.25, -0.2) is 9.78 Å². The van der Waals surface area contributed by atoms with E-state index in [9.17, 15) is 4.79 Å². The number of carbonyl (C=O) groups excluding carboxylic acids is 1. The molecule has 1 aliphatic heterocycles. The van der Waals surface area contributed by atoms with Gasteiger partial charge < -0.3 is 14.2 Å². The molecule has 29 heavy (non-hydrogen) atoms. The molecule has 0 saturated carbocycles. The summed E-state index contributed by atoms with van der Waals surface area (Å²) >= 11 is 0. The van der Waals surface area contributed by atoms with Gasteiger partial charge in [-0.2, -0.15) is 0 Å². The van der Waals surface area contributed by atoms with Crippen molar-refractivity contribution in [1.82, 2.24) is 14.5 Å². The van der Waals surface area contributed by atoms with Crippen LogP contribution in [0.1, 0.15) is 47.8 Å². The van der Waals surface area contributed by atoms with E-state index in [4.69, 9.17) is 4.74 Å². The number of piperidine rings is 1. The molecule has 0 unspecified atom stereocenters. The quantitative estimate of drug-likeness (QED) is 0.604. The lowest BCUT2D eigenvalue weighted by Crippen LogP contribution is -2.39. The smallest absolute Gasteiger partial charge is 0.410 e. The summed E-state index contributed by atoms with van der Waals surface area (Å²) in [5.41, 5.74) is 4.34. The van der Waals surface area contributed by atoms with E-state index >= 15 is 0 Å². The van der Waals surface area contributed by atoms with E-state index < -0.39 is 0 Å². The van der Waals surface area contributed by atoms with Crippen LogP contribution in [0.2, 0.25) is 0 Å². The lowest BCUT2D eigenvalue weighted by Gasteiger charge is -2.36. The second-order valence-corrected chi connectivity index (χ2v) is 7.61. The highest BCUT2D eigenvalue weighted by atomic mass is 16.6. The summed E-state index contributed by atoms with van der Waals surface area (Å²) in [6, 6.07) is 18.0. The zero-order chi connectivity index (χ0) is 20.2. The number of benzene rings is 1. The number of nitrogens with zero attached hydrogens (tertiary/aromatic N) is 3. The maximum absolute atomic E-state index is 13.0. The molecule has 3 aromatic rings. The van der Waals surface area contributed by atoms with Gasteiger partial charge in [-0.3, -0.25) is 0 Å². The molecule has 1 saturated heterocycles. The van der Waals surface area contributed by atoms with E-state index in [1.165, 1.54) is 0 Å². The molecule has 1 atom stereocenters. The zero-order valence-corrected chi connectivity index (χ0v) is 17.0. The first-order valence-electron chi connectivity index (χ1n) is 10.2. The lowest BCUT2D eigenvalue weighted by molar-refractivity contribution is 0.0678. The minimum Gasteiger partial charge on any atom is -0.445 e. The van der Waals surface area contributed by atoms with Gasteiger partial charge in [0.1, 0.15) is 12.4 Å². The van der Waals surface area contributed by atoms with Crippen molar-refractivity contribution in [3.8, 4) is 5.82 Å². The van der Waals surface area contributed by atoms with E-state index in [-0.39, 0.29) is 12.1 Å². The highest BCUT2D eigenvalue weighted by Gasteiger charge is 2.31. The molecule has 1 aliphatic rings. The van der Waals surface area contributed by atoms with Crippen LogP contribution in [0, 0.1) is 13.8 Å². The molecule has 0 N–H and O–H groups in total. The molecule has 1 amide bonds. The number of rotatable bonds is 4. The van der Waals surface area contributed by atoms with Crippen LogP contribution >= 0.6 is 0 Å². The van der Waals surface area contributed by atoms with Crippen LogP contribution in [0.5, 0.6) is 0 Å². The standard InChI is InChI=1S/C24H27N3O2/c1-18-13-14-19(2)27(18)23-21(11-8-15-25-23)22-12-6-7-16-26(22)24(28)29-17-20-9-4-3-5-10-20/h3-5,8-11,13-15,22H,6-7,12,16-17H2,1-2H3/t22-/m0/s1. The second kappa shape index (κ2) is 8.52. The normalized spacial score (nSPS) is 16.6. The number of likely N-dealkylation sites (tertiary alicyclic amines) is 1. The van der Waals surface area contributed by atoms with Crippen molar-refractivity contribution in [2.45, 2.75) is 45.8 Å². The van der Waals surface area contributed by atoms with Gasteiger partial charge in [0.05, 0.1) is 6.04 Å². The number of carbonyl (C=O) groups is 1. The monoisotopic (exact) mass is 389 g/mol. The first-order valence-corrected chi connectivity index (χ1v) is 10.2. The lowest BCUT2D eigenvalue weighted by atomic mass is 9.96. The Labute approximate surface area is 171 Å². The average Bonchev–Trinajstić information content (AvgIpc) is 3.10. The van der Waals surface area contributed by atoms with Crippen LogP contribution < -0.4 is 0 Å². The Balaban J connectivity index is 1.61. The number of pyridine rings is 1. The predicted molar refractivity (Wildman–Crippen MR) is 113 cm³/mol. The van der Waals surface area contributed by atoms with Crippen LogP contribution in [-0.2, 0) is 11.3 Å². The van der Waals surface area contributed by atoms with Crippen LogP contribution in [0.4, 0.5) is 4.79 Å². The van der Waals surface area contributed by atoms with Crippen molar-refractivity contribution in [3.63, 3.8) is 0 Å². The second-order valence-electron chi connectivity index (χ2n) is 7.61. The summed E-state index contributed by atoms with van der Waals surface area (Å²) in [4.78, 5) is 19.5. The van der Waals surface area contributed by atoms with E-state index in [1.54, 1.807) is 0 Å². The molecule has 4 rings (SSSR count). The van der Waals surface area contributed by atoms with Crippen LogP contribution in [0.25, 0.3) is 5.82 Å². The Morgan fingerprint density at radius 1 is 1.03 bits per heavy atom. The fraction of sp³-hybridized carbons (Fsp3) is 0.333. The van der Waals surface area contributed by atoms with Crippen LogP contribution in [0.15, 0.2) is 60.8 Å². The molecule has 0 radical (unpaired) electrons. The first kappa shape index (κ1) is 19.2. The van der Waals surface area contributed by atoms with Crippen molar-refractivity contribution in [3.05, 3.63) is 83.3 Å². The minimum atomic E-state index is -0.255. The van der Waals surface area contributed by atoms with Gasteiger partial charge in [0, 0.05) is 29.7 Å². The topological polar surface area (TPSA) is 47.4 Å². The molecular formula is C24H27N3O2. The molecule has 5 heteroatoms. The number of aryl methyl sites for hydroxylation is 2. The summed E-state index contributed by atoms with van der Waals surface area (Å²) in [5.74, 6) is 0.903. The fourth-order valence-corrected chi connectivity index (χ4v) is 4.13. The Hall–Kier alpha value is -3.08. The Morgan fingerprint density at radius 3 is 2.55 bits per heavy atom. The van der Waals surface area contributed by atoms with Gasteiger partial charge in [-0.15, -0.1) is 0 Å². The SMILES string of the molecule is Cc1ccc(C)n1-c1ncccc1[C@@H]1CCCCN1C(=O)OCc1ccccc1. The van der Waals surface area contributed by atoms with Gasteiger partial charge in [0.25, 0.3) is 0 Å². The summed E-state index contributed by atoms with van der Waals surface area (Å²) in [6.07, 6.45) is 4.56. The molecule has 0 aliphatic carbocycles. The van der Waals surface area contributed by atoms with Gasteiger partial charge in [0.2, 0.25) is 0 Å². The predicted octanol–water partition coefficient (Wildman–Crippen LogP) is 5.35. The van der Waals surface area contributed by atoms with Gasteiger partial charge in [-0.05, 0) is 56.9 Å². The van der Waals surface area contributed by atoms with Crippen molar-refractivity contribution in [2.24, 2.45) is 0 Å². The van der Waals surface area contributed by atoms with Crippen molar-refractivity contribution in [1.29, 1.82) is 0 Å². The van der Waals surface area contributed by atoms with E-state index in [1.807, 2.05) is 47.5 Å². The van der Waals surface area contributed by atoms with Gasteiger partial charge in [-0.1, -0.05) is 36.4 Å². The summed E-state index contributed by atoms with van der Waals surface area (Å²) < 4.78 is 7.82. The molecule has 1 aromatic carbocycles. The molecule has 1 fully saturated rings. The van der Waals surface area contributed by atoms with Crippen LogP contribution in [0.3, 0.4) is 0 Å². The number of amides is 1. The van der Waals surface area contributed by atoms with E-state index in [0.717, 1.165) is 47.6 Å². The summed E-state index contributed by atoms with van der Waals surface area (Å²) in [6.45, 7) is 5.16. The molecule has 3 heterocycles. The third kappa shape index (κ3) is 4.04. The van der Waals surface area contributed by atoms with Crippen molar-refractivity contribution < 1.29 is 9.53 Å². The molecule has 2 aromatic heterocycles. The highest BCUT2D eigenvalue weighted by Crippen LogP contribution is 2.35. The Morgan fingerprint density at radius 2 is 1.79 bits per heavy atom. The largest absolute Gasteiger partial charge is 0.445 e. The molecule has 5 nitrogen and oxygen atoms in total. The Kier molecular flexibility index (Phi) is 5.65. The Bertz CT molecular complexity index is 961. The number of hydrogen-bond acceptors (Lipinski definition) is 3. The van der Waals surface area contributed by atoms with Crippen molar-refractivity contribution >= 4 is 6.09 Å². The molecule has 150 valence electrons. The third-order valence-electron chi connectivity index (χ3n) is 5.60. The van der Waals surface area contributed by atoms with Crippen molar-refractivity contribution in [2.75, 3.05) is 6.54 Å². The molecular weight excluding hydrogens is 362 g/mol.